The molecule has 1 saturated heterocycles. The normalized spacial score (nSPS) is 21.5. The van der Waals surface area contributed by atoms with Crippen LogP contribution in [0.25, 0.3) is 16.7 Å². The van der Waals surface area contributed by atoms with Gasteiger partial charge in [-0.15, -0.1) is 0 Å². The van der Waals surface area contributed by atoms with Gasteiger partial charge in [-0.25, -0.2) is 9.67 Å². The number of nitrogens with one attached hydrogen (secondary N) is 1. The molecule has 2 aromatic carbocycles. The number of nitrogen functional groups attached to an aromatic ring is 1. The molecule has 2 bridgehead atoms. The smallest absolute Gasteiger partial charge is 0.253 e. The van der Waals surface area contributed by atoms with Crippen molar-refractivity contribution < 1.29 is 9.32 Å². The molecule has 0 radical (unpaired) electrons. The highest BCUT2D eigenvalue weighted by molar-refractivity contribution is 6.34. The Hall–Kier alpha value is -3.30. The Labute approximate surface area is 204 Å². The number of rotatable bonds is 4. The Bertz CT molecular complexity index is 1430. The van der Waals surface area contributed by atoms with Crippen molar-refractivity contribution in [1.82, 2.24) is 25.2 Å². The second kappa shape index (κ2) is 7.89. The van der Waals surface area contributed by atoms with Gasteiger partial charge in [0.2, 0.25) is 0 Å². The Morgan fingerprint density at radius 3 is 2.85 bits per heavy atom. The number of carbonyl (C=O) groups excluding carboxylic acids is 1. The van der Waals surface area contributed by atoms with E-state index in [4.69, 9.17) is 33.5 Å². The average Bonchev–Trinajstić information content (AvgIpc) is 3.58. The minimum absolute atomic E-state index is 0.0180. The number of aromatic nitrogens is 4. The number of anilines is 2. The number of hydrogen-bond donors (Lipinski definition) is 2. The van der Waals surface area contributed by atoms with Crippen molar-refractivity contribution in [3.63, 3.8) is 0 Å². The molecule has 1 saturated carbocycles. The fraction of sp³-hybridized carbons (Fsp3) is 0.304. The first-order chi connectivity index (χ1) is 16.4. The van der Waals surface area contributed by atoms with Crippen molar-refractivity contribution >= 4 is 51.6 Å². The van der Waals surface area contributed by atoms with Crippen molar-refractivity contribution in [2.45, 2.75) is 31.8 Å². The van der Waals surface area contributed by atoms with Gasteiger partial charge in [-0.1, -0.05) is 28.4 Å². The summed E-state index contributed by atoms with van der Waals surface area (Å²) < 4.78 is 7.14. The molecule has 1 aliphatic carbocycles. The number of halogens is 2. The fourth-order valence-corrected chi connectivity index (χ4v) is 5.72. The van der Waals surface area contributed by atoms with E-state index in [1.807, 2.05) is 19.1 Å². The molecule has 3 heterocycles. The summed E-state index contributed by atoms with van der Waals surface area (Å²) in [6, 6.07) is 8.96. The van der Waals surface area contributed by atoms with Crippen LogP contribution in [0.5, 0.6) is 0 Å². The van der Waals surface area contributed by atoms with E-state index in [1.54, 1.807) is 29.2 Å². The number of hydrogen-bond acceptors (Lipinski definition) is 7. The Balaban J connectivity index is 1.25. The SMILES string of the molecule is Cc1ncn(-c2ccc(C(=O)N[C@@H]3[C@H]4CC[C@@H]3N(c3cc(Cl)cc5c(N)noc35)C4)c(Cl)c2)n1. The molecular weight excluding hydrogens is 477 g/mol. The molecule has 0 unspecified atom stereocenters. The number of fused-ring (bicyclic) bond motifs is 3. The summed E-state index contributed by atoms with van der Waals surface area (Å²) in [5, 5.41) is 13.0. The first-order valence-corrected chi connectivity index (χ1v) is 11.7. The molecule has 1 amide bonds. The molecule has 2 aliphatic rings. The summed E-state index contributed by atoms with van der Waals surface area (Å²) in [7, 11) is 0. The van der Waals surface area contributed by atoms with Crippen molar-refractivity contribution in [3.05, 3.63) is 58.1 Å². The van der Waals surface area contributed by atoms with E-state index in [0.717, 1.165) is 30.8 Å². The number of nitrogens with zero attached hydrogens (tertiary/aromatic N) is 5. The maximum atomic E-state index is 13.2. The molecule has 174 valence electrons. The van der Waals surface area contributed by atoms with Crippen molar-refractivity contribution in [3.8, 4) is 5.69 Å². The lowest BCUT2D eigenvalue weighted by molar-refractivity contribution is 0.0932. The molecule has 6 rings (SSSR count). The Morgan fingerprint density at radius 1 is 1.24 bits per heavy atom. The number of carbonyl (C=O) groups is 1. The quantitative estimate of drug-likeness (QED) is 0.437. The van der Waals surface area contributed by atoms with Gasteiger partial charge in [0.1, 0.15) is 12.2 Å². The highest BCUT2D eigenvalue weighted by Gasteiger charge is 2.48. The zero-order valence-corrected chi connectivity index (χ0v) is 19.7. The maximum absolute atomic E-state index is 13.2. The van der Waals surface area contributed by atoms with Gasteiger partial charge in [-0.2, -0.15) is 5.10 Å². The van der Waals surface area contributed by atoms with Crippen LogP contribution in [0.4, 0.5) is 11.5 Å². The third-order valence-corrected chi connectivity index (χ3v) is 7.34. The minimum atomic E-state index is -0.199. The van der Waals surface area contributed by atoms with Gasteiger partial charge in [0, 0.05) is 17.6 Å². The largest absolute Gasteiger partial charge is 0.380 e. The molecule has 1 aliphatic heterocycles. The molecule has 9 nitrogen and oxygen atoms in total. The maximum Gasteiger partial charge on any atom is 0.253 e. The van der Waals surface area contributed by atoms with E-state index in [0.29, 0.717) is 44.1 Å². The zero-order valence-electron chi connectivity index (χ0n) is 18.2. The van der Waals surface area contributed by atoms with E-state index in [-0.39, 0.29) is 18.0 Å². The molecule has 34 heavy (non-hydrogen) atoms. The van der Waals surface area contributed by atoms with E-state index >= 15 is 0 Å². The molecule has 2 aromatic heterocycles. The van der Waals surface area contributed by atoms with Gasteiger partial charge in [0.25, 0.3) is 5.91 Å². The van der Waals surface area contributed by atoms with Crippen LogP contribution in [0, 0.1) is 12.8 Å². The number of amides is 1. The third-order valence-electron chi connectivity index (χ3n) is 6.81. The number of benzene rings is 2. The van der Waals surface area contributed by atoms with Crippen LogP contribution in [-0.4, -0.2) is 44.5 Å². The minimum Gasteiger partial charge on any atom is -0.380 e. The van der Waals surface area contributed by atoms with Gasteiger partial charge >= 0.3 is 0 Å². The summed E-state index contributed by atoms with van der Waals surface area (Å²) in [4.78, 5) is 19.6. The summed E-state index contributed by atoms with van der Waals surface area (Å²) in [5.74, 6) is 1.07. The predicted molar refractivity (Wildman–Crippen MR) is 130 cm³/mol. The van der Waals surface area contributed by atoms with Crippen LogP contribution in [0.3, 0.4) is 0 Å². The first-order valence-electron chi connectivity index (χ1n) is 11.0. The summed E-state index contributed by atoms with van der Waals surface area (Å²) in [6.07, 6.45) is 3.60. The summed E-state index contributed by atoms with van der Waals surface area (Å²) in [5.41, 5.74) is 8.58. The topological polar surface area (TPSA) is 115 Å². The second-order valence-electron chi connectivity index (χ2n) is 8.83. The highest BCUT2D eigenvalue weighted by atomic mass is 35.5. The van der Waals surface area contributed by atoms with E-state index < -0.39 is 0 Å². The lowest BCUT2D eigenvalue weighted by Gasteiger charge is -2.29. The van der Waals surface area contributed by atoms with Gasteiger partial charge in [0.15, 0.2) is 11.4 Å². The van der Waals surface area contributed by atoms with Crippen molar-refractivity contribution in [1.29, 1.82) is 0 Å². The van der Waals surface area contributed by atoms with E-state index in [2.05, 4.69) is 25.5 Å². The fourth-order valence-electron chi connectivity index (χ4n) is 5.24. The van der Waals surface area contributed by atoms with E-state index in [9.17, 15) is 4.79 Å². The van der Waals surface area contributed by atoms with Crippen LogP contribution in [0.2, 0.25) is 10.0 Å². The van der Waals surface area contributed by atoms with Crippen molar-refractivity contribution in [2.24, 2.45) is 5.92 Å². The van der Waals surface area contributed by atoms with Crippen LogP contribution in [-0.2, 0) is 0 Å². The van der Waals surface area contributed by atoms with Crippen molar-refractivity contribution in [2.75, 3.05) is 17.2 Å². The zero-order chi connectivity index (χ0) is 23.6. The molecule has 3 atom stereocenters. The van der Waals surface area contributed by atoms with Gasteiger partial charge in [0.05, 0.1) is 33.4 Å². The molecule has 4 aromatic rings. The molecule has 2 fully saturated rings. The van der Waals surface area contributed by atoms with E-state index in [1.165, 1.54) is 0 Å². The first kappa shape index (κ1) is 21.2. The lowest BCUT2D eigenvalue weighted by Crippen LogP contribution is -2.43. The lowest BCUT2D eigenvalue weighted by atomic mass is 10.1. The molecule has 0 spiro atoms. The van der Waals surface area contributed by atoms with Crippen LogP contribution < -0.4 is 16.0 Å². The average molecular weight is 498 g/mol. The molecular formula is C23H21Cl2N7O2. The third kappa shape index (κ3) is 3.38. The van der Waals surface area contributed by atoms with Gasteiger partial charge < -0.3 is 20.5 Å². The number of aryl methyl sites for hydroxylation is 1. The van der Waals surface area contributed by atoms with Gasteiger partial charge in [-0.05, 0) is 56.0 Å². The summed E-state index contributed by atoms with van der Waals surface area (Å²) in [6.45, 7) is 2.59. The number of nitrogens with two attached hydrogens (primary N) is 1. The summed E-state index contributed by atoms with van der Waals surface area (Å²) >= 11 is 12.8. The van der Waals surface area contributed by atoms with Crippen LogP contribution in [0.15, 0.2) is 41.2 Å². The van der Waals surface area contributed by atoms with Gasteiger partial charge in [-0.3, -0.25) is 4.79 Å². The highest BCUT2D eigenvalue weighted by Crippen LogP contribution is 2.44. The molecule has 11 heteroatoms. The monoisotopic (exact) mass is 497 g/mol. The standard InChI is InChI=1S/C23H21Cl2N7O2/c1-11-27-10-32(29-11)14-3-4-15(17(25)8-14)23(33)28-20-12-2-5-18(20)31(9-12)19-7-13(24)6-16-21(19)34-30-22(16)26/h3-4,6-8,10,12,18,20H,2,5,9H2,1H3,(H2,26,30)(H,28,33)/t12-,18-,20+/m0/s1. The van der Waals surface area contributed by atoms with Crippen LogP contribution >= 0.6 is 23.2 Å². The number of piperidine rings is 1. The Morgan fingerprint density at radius 2 is 2.09 bits per heavy atom. The second-order valence-corrected chi connectivity index (χ2v) is 9.67. The predicted octanol–water partition coefficient (Wildman–Crippen LogP) is 4.00. The molecule has 3 N–H and O–H groups in total. The van der Waals surface area contributed by atoms with Crippen LogP contribution in [0.1, 0.15) is 29.0 Å². The Kier molecular flexibility index (Phi) is 4.93.